The van der Waals surface area contributed by atoms with Gasteiger partial charge in [-0.1, -0.05) is 6.07 Å². The van der Waals surface area contributed by atoms with Gasteiger partial charge in [0.15, 0.2) is 0 Å². The zero-order chi connectivity index (χ0) is 15.3. The molecule has 1 fully saturated rings. The highest BCUT2D eigenvalue weighted by molar-refractivity contribution is 5.81. The minimum Gasteiger partial charge on any atom is -0.406 e. The van der Waals surface area contributed by atoms with E-state index in [0.717, 1.165) is 32.4 Å². The second kappa shape index (κ2) is 6.69. The van der Waals surface area contributed by atoms with E-state index in [1.165, 1.54) is 18.2 Å². The molecule has 1 amide bonds. The molecule has 21 heavy (non-hydrogen) atoms. The number of hydrogen-bond donors (Lipinski definition) is 1. The van der Waals surface area contributed by atoms with Gasteiger partial charge in [-0.3, -0.25) is 4.79 Å². The molecule has 1 aromatic carbocycles. The number of carbonyl (C=O) groups is 1. The molecule has 1 heterocycles. The Hall–Kier alpha value is -1.92. The van der Waals surface area contributed by atoms with E-state index in [1.54, 1.807) is 11.0 Å². The van der Waals surface area contributed by atoms with Gasteiger partial charge in [0, 0.05) is 24.8 Å². The zero-order valence-electron chi connectivity index (χ0n) is 11.4. The number of benzene rings is 1. The number of anilines is 1. The Morgan fingerprint density at radius 2 is 1.95 bits per heavy atom. The fraction of sp³-hybridized carbons (Fsp3) is 0.500. The van der Waals surface area contributed by atoms with Crippen molar-refractivity contribution in [2.24, 2.45) is 0 Å². The molecule has 0 saturated carbocycles. The number of carbonyl (C=O) groups excluding carboxylic acids is 1. The van der Waals surface area contributed by atoms with E-state index in [-0.39, 0.29) is 18.2 Å². The van der Waals surface area contributed by atoms with Crippen molar-refractivity contribution in [3.63, 3.8) is 0 Å². The average molecular weight is 302 g/mol. The molecule has 7 heteroatoms. The van der Waals surface area contributed by atoms with Crippen molar-refractivity contribution in [1.29, 1.82) is 0 Å². The van der Waals surface area contributed by atoms with Gasteiger partial charge in [-0.2, -0.15) is 0 Å². The molecule has 0 aliphatic carbocycles. The first-order chi connectivity index (χ1) is 9.94. The summed E-state index contributed by atoms with van der Waals surface area (Å²) >= 11 is 0. The molecule has 4 nitrogen and oxygen atoms in total. The summed E-state index contributed by atoms with van der Waals surface area (Å²) in [4.78, 5) is 13.7. The van der Waals surface area contributed by atoms with E-state index >= 15 is 0 Å². The second-order valence-corrected chi connectivity index (χ2v) is 4.87. The fourth-order valence-corrected chi connectivity index (χ4v) is 2.24. The quantitative estimate of drug-likeness (QED) is 0.929. The lowest BCUT2D eigenvalue weighted by molar-refractivity contribution is -0.274. The average Bonchev–Trinajstić information content (AvgIpc) is 2.44. The van der Waals surface area contributed by atoms with E-state index in [0.29, 0.717) is 5.69 Å². The van der Waals surface area contributed by atoms with Crippen LogP contribution in [0.25, 0.3) is 0 Å². The van der Waals surface area contributed by atoms with E-state index in [1.807, 2.05) is 0 Å². The summed E-state index contributed by atoms with van der Waals surface area (Å²) in [5.74, 6) is -0.352. The SMILES string of the molecule is O=C(CNc1cccc(OC(F)(F)F)c1)N1CCCCC1. The van der Waals surface area contributed by atoms with Crippen LogP contribution >= 0.6 is 0 Å². The highest BCUT2D eigenvalue weighted by Crippen LogP contribution is 2.25. The van der Waals surface area contributed by atoms with Crippen molar-refractivity contribution < 1.29 is 22.7 Å². The molecule has 2 rings (SSSR count). The van der Waals surface area contributed by atoms with E-state index in [4.69, 9.17) is 0 Å². The highest BCUT2D eigenvalue weighted by atomic mass is 19.4. The molecule has 0 atom stereocenters. The van der Waals surface area contributed by atoms with E-state index in [9.17, 15) is 18.0 Å². The number of hydrogen-bond acceptors (Lipinski definition) is 3. The smallest absolute Gasteiger partial charge is 0.406 e. The third kappa shape index (κ3) is 5.17. The summed E-state index contributed by atoms with van der Waals surface area (Å²) in [5.41, 5.74) is 0.419. The molecule has 1 aromatic rings. The lowest BCUT2D eigenvalue weighted by Crippen LogP contribution is -2.39. The summed E-state index contributed by atoms with van der Waals surface area (Å²) in [6, 6.07) is 5.46. The first kappa shape index (κ1) is 15.5. The molecule has 1 aliphatic rings. The van der Waals surface area contributed by atoms with Crippen LogP contribution in [-0.2, 0) is 4.79 Å². The van der Waals surface area contributed by atoms with Gasteiger partial charge < -0.3 is 15.0 Å². The Morgan fingerprint density at radius 3 is 2.62 bits per heavy atom. The standard InChI is InChI=1S/C14H17F3N2O2/c15-14(16,17)21-12-6-4-5-11(9-12)18-10-13(20)19-7-2-1-3-8-19/h4-6,9,18H,1-3,7-8,10H2. The molecule has 116 valence electrons. The maximum Gasteiger partial charge on any atom is 0.573 e. The number of likely N-dealkylation sites (tertiary alicyclic amines) is 1. The summed E-state index contributed by atoms with van der Waals surface area (Å²) < 4.78 is 40.2. The predicted octanol–water partition coefficient (Wildman–Crippen LogP) is 3.01. The van der Waals surface area contributed by atoms with Crippen LogP contribution in [0, 0.1) is 0 Å². The topological polar surface area (TPSA) is 41.6 Å². The number of nitrogens with zero attached hydrogens (tertiary/aromatic N) is 1. The monoisotopic (exact) mass is 302 g/mol. The Balaban J connectivity index is 1.87. The predicted molar refractivity (Wildman–Crippen MR) is 72.0 cm³/mol. The molecule has 0 bridgehead atoms. The molecule has 0 spiro atoms. The number of piperidine rings is 1. The Labute approximate surface area is 120 Å². The number of rotatable bonds is 4. The molecule has 0 aromatic heterocycles. The van der Waals surface area contributed by atoms with Gasteiger partial charge in [0.25, 0.3) is 0 Å². The van der Waals surface area contributed by atoms with Crippen LogP contribution in [-0.4, -0.2) is 36.8 Å². The summed E-state index contributed by atoms with van der Waals surface area (Å²) in [5, 5.41) is 2.83. The van der Waals surface area contributed by atoms with Gasteiger partial charge in [-0.15, -0.1) is 13.2 Å². The molecule has 0 radical (unpaired) electrons. The first-order valence-corrected chi connectivity index (χ1v) is 6.81. The number of nitrogens with one attached hydrogen (secondary N) is 1. The van der Waals surface area contributed by atoms with Crippen molar-refractivity contribution in [2.75, 3.05) is 25.0 Å². The molecule has 1 N–H and O–H groups in total. The first-order valence-electron chi connectivity index (χ1n) is 6.81. The van der Waals surface area contributed by atoms with Crippen LogP contribution in [0.3, 0.4) is 0 Å². The number of halogens is 3. The molecule has 1 aliphatic heterocycles. The van der Waals surface area contributed by atoms with Crippen LogP contribution in [0.1, 0.15) is 19.3 Å². The molecular weight excluding hydrogens is 285 g/mol. The maximum atomic E-state index is 12.1. The van der Waals surface area contributed by atoms with Gasteiger partial charge in [0.1, 0.15) is 5.75 Å². The fourth-order valence-electron chi connectivity index (χ4n) is 2.24. The number of alkyl halides is 3. The Bertz CT molecular complexity index is 485. The third-order valence-electron chi connectivity index (χ3n) is 3.22. The second-order valence-electron chi connectivity index (χ2n) is 4.87. The molecular formula is C14H17F3N2O2. The largest absolute Gasteiger partial charge is 0.573 e. The molecule has 0 unspecified atom stereocenters. The minimum absolute atomic E-state index is 0.0446. The Morgan fingerprint density at radius 1 is 1.24 bits per heavy atom. The van der Waals surface area contributed by atoms with Gasteiger partial charge in [0.05, 0.1) is 6.54 Å². The van der Waals surface area contributed by atoms with E-state index < -0.39 is 6.36 Å². The lowest BCUT2D eigenvalue weighted by atomic mass is 10.1. The van der Waals surface area contributed by atoms with Crippen LogP contribution in [0.4, 0.5) is 18.9 Å². The maximum absolute atomic E-state index is 12.1. The van der Waals surface area contributed by atoms with Crippen molar-refractivity contribution in [3.8, 4) is 5.75 Å². The van der Waals surface area contributed by atoms with Crippen LogP contribution in [0.15, 0.2) is 24.3 Å². The lowest BCUT2D eigenvalue weighted by Gasteiger charge is -2.26. The van der Waals surface area contributed by atoms with Gasteiger partial charge in [-0.25, -0.2) is 0 Å². The number of amides is 1. The minimum atomic E-state index is -4.72. The van der Waals surface area contributed by atoms with Crippen LogP contribution in [0.5, 0.6) is 5.75 Å². The van der Waals surface area contributed by atoms with Crippen LogP contribution in [0.2, 0.25) is 0 Å². The van der Waals surface area contributed by atoms with Crippen LogP contribution < -0.4 is 10.1 Å². The summed E-state index contributed by atoms with van der Waals surface area (Å²) in [6.07, 6.45) is -1.59. The highest BCUT2D eigenvalue weighted by Gasteiger charge is 2.31. The van der Waals surface area contributed by atoms with Crippen molar-refractivity contribution in [2.45, 2.75) is 25.6 Å². The van der Waals surface area contributed by atoms with Crippen molar-refractivity contribution in [1.82, 2.24) is 4.90 Å². The van der Waals surface area contributed by atoms with Gasteiger partial charge in [0.2, 0.25) is 5.91 Å². The van der Waals surface area contributed by atoms with Gasteiger partial charge >= 0.3 is 6.36 Å². The molecule has 1 saturated heterocycles. The summed E-state index contributed by atoms with van der Waals surface area (Å²) in [7, 11) is 0. The van der Waals surface area contributed by atoms with Crippen molar-refractivity contribution >= 4 is 11.6 Å². The number of ether oxygens (including phenoxy) is 1. The normalized spacial score (nSPS) is 15.7. The van der Waals surface area contributed by atoms with Crippen molar-refractivity contribution in [3.05, 3.63) is 24.3 Å². The van der Waals surface area contributed by atoms with Gasteiger partial charge in [-0.05, 0) is 31.4 Å². The Kier molecular flexibility index (Phi) is 4.93. The third-order valence-corrected chi connectivity index (χ3v) is 3.22. The van der Waals surface area contributed by atoms with E-state index in [2.05, 4.69) is 10.1 Å². The summed E-state index contributed by atoms with van der Waals surface area (Å²) in [6.45, 7) is 1.56. The zero-order valence-corrected chi connectivity index (χ0v) is 11.4.